The summed E-state index contributed by atoms with van der Waals surface area (Å²) in [4.78, 5) is 2.91. The Kier molecular flexibility index (Phi) is 3.20. The molecule has 0 saturated heterocycles. The predicted octanol–water partition coefficient (Wildman–Crippen LogP) is 2.75. The highest BCUT2D eigenvalue weighted by Gasteiger charge is 2.38. The first-order valence-corrected chi connectivity index (χ1v) is 3.90. The maximum Gasteiger partial charge on any atom is 0.418 e. The minimum Gasteiger partial charge on any atom is -0.503 e. The second-order valence-corrected chi connectivity index (χ2v) is 2.75. The summed E-state index contributed by atoms with van der Waals surface area (Å²) < 4.78 is 65.9. The molecular formula is C8H6F5NO2. The molecule has 1 N–H and O–H groups in total. The zero-order valence-electron chi connectivity index (χ0n) is 7.85. The fraction of sp³-hybridized carbons (Fsp3) is 0.375. The van der Waals surface area contributed by atoms with Gasteiger partial charge < -0.3 is 9.84 Å². The van der Waals surface area contributed by atoms with Crippen molar-refractivity contribution in [2.45, 2.75) is 12.6 Å². The molecule has 0 saturated carbocycles. The Hall–Kier alpha value is -1.60. The van der Waals surface area contributed by atoms with Gasteiger partial charge in [0.1, 0.15) is 5.69 Å². The van der Waals surface area contributed by atoms with Gasteiger partial charge in [-0.2, -0.15) is 13.2 Å². The number of hydrogen-bond donors (Lipinski definition) is 1. The normalized spacial score (nSPS) is 11.9. The molecule has 0 unspecified atom stereocenters. The monoisotopic (exact) mass is 243 g/mol. The lowest BCUT2D eigenvalue weighted by atomic mass is 10.2. The zero-order chi connectivity index (χ0) is 12.5. The summed E-state index contributed by atoms with van der Waals surface area (Å²) >= 11 is 0. The quantitative estimate of drug-likeness (QED) is 0.812. The van der Waals surface area contributed by atoms with Gasteiger partial charge in [-0.1, -0.05) is 0 Å². The fourth-order valence-electron chi connectivity index (χ4n) is 1.04. The van der Waals surface area contributed by atoms with E-state index < -0.39 is 35.5 Å². The van der Waals surface area contributed by atoms with Crippen LogP contribution in [0.3, 0.4) is 0 Å². The lowest BCUT2D eigenvalue weighted by molar-refractivity contribution is -0.140. The van der Waals surface area contributed by atoms with Gasteiger partial charge in [-0.15, -0.1) is 0 Å². The van der Waals surface area contributed by atoms with E-state index in [9.17, 15) is 22.0 Å². The molecule has 3 nitrogen and oxygen atoms in total. The number of ether oxygens (including phenoxy) is 1. The summed E-state index contributed by atoms with van der Waals surface area (Å²) in [5.74, 6) is -1.62. The molecule has 90 valence electrons. The van der Waals surface area contributed by atoms with Gasteiger partial charge in [0, 0.05) is 0 Å². The molecule has 8 heteroatoms. The summed E-state index contributed by atoms with van der Waals surface area (Å²) in [5.41, 5.74) is -3.15. The van der Waals surface area contributed by atoms with Crippen molar-refractivity contribution in [1.29, 1.82) is 0 Å². The molecular weight excluding hydrogens is 237 g/mol. The summed E-state index contributed by atoms with van der Waals surface area (Å²) in [6.07, 6.45) is -8.42. The number of pyridine rings is 1. The van der Waals surface area contributed by atoms with Crippen molar-refractivity contribution in [3.63, 3.8) is 0 Å². The van der Waals surface area contributed by atoms with Crippen LogP contribution in [-0.2, 0) is 6.18 Å². The van der Waals surface area contributed by atoms with E-state index in [1.54, 1.807) is 0 Å². The topological polar surface area (TPSA) is 42.4 Å². The fourth-order valence-corrected chi connectivity index (χ4v) is 1.04. The van der Waals surface area contributed by atoms with Crippen LogP contribution in [0.5, 0.6) is 11.6 Å². The van der Waals surface area contributed by atoms with Crippen LogP contribution in [0.4, 0.5) is 22.0 Å². The van der Waals surface area contributed by atoms with Crippen molar-refractivity contribution < 1.29 is 31.8 Å². The van der Waals surface area contributed by atoms with Crippen LogP contribution < -0.4 is 4.74 Å². The van der Waals surface area contributed by atoms with Gasteiger partial charge in [0.25, 0.3) is 12.3 Å². The smallest absolute Gasteiger partial charge is 0.418 e. The molecule has 0 aromatic carbocycles. The molecule has 1 aromatic heterocycles. The molecule has 1 rings (SSSR count). The number of rotatable bonds is 2. The number of hydrogen-bond acceptors (Lipinski definition) is 3. The van der Waals surface area contributed by atoms with Gasteiger partial charge in [0.15, 0.2) is 5.75 Å². The van der Waals surface area contributed by atoms with Crippen molar-refractivity contribution in [1.82, 2.24) is 4.98 Å². The lowest BCUT2D eigenvalue weighted by Gasteiger charge is -2.13. The van der Waals surface area contributed by atoms with Crippen molar-refractivity contribution in [3.8, 4) is 11.6 Å². The van der Waals surface area contributed by atoms with Gasteiger partial charge in [0.05, 0.1) is 12.7 Å². The zero-order valence-corrected chi connectivity index (χ0v) is 7.85. The largest absolute Gasteiger partial charge is 0.503 e. The van der Waals surface area contributed by atoms with Gasteiger partial charge >= 0.3 is 6.18 Å². The summed E-state index contributed by atoms with van der Waals surface area (Å²) in [6, 6.07) is 0.160. The molecule has 0 aliphatic heterocycles. The molecule has 1 heterocycles. The van der Waals surface area contributed by atoms with Crippen LogP contribution >= 0.6 is 0 Å². The summed E-state index contributed by atoms with van der Waals surface area (Å²) in [7, 11) is 0.991. The van der Waals surface area contributed by atoms with E-state index in [-0.39, 0.29) is 6.07 Å². The summed E-state index contributed by atoms with van der Waals surface area (Å²) in [6.45, 7) is 0. The molecule has 0 aliphatic carbocycles. The molecule has 16 heavy (non-hydrogen) atoms. The van der Waals surface area contributed by atoms with Crippen LogP contribution in [0.2, 0.25) is 0 Å². The van der Waals surface area contributed by atoms with Crippen LogP contribution in [0, 0.1) is 0 Å². The van der Waals surface area contributed by atoms with E-state index >= 15 is 0 Å². The molecule has 0 radical (unpaired) electrons. The minimum absolute atomic E-state index is 0.160. The van der Waals surface area contributed by atoms with Gasteiger partial charge in [-0.3, -0.25) is 0 Å². The third kappa shape index (κ3) is 2.31. The van der Waals surface area contributed by atoms with Crippen LogP contribution in [0.25, 0.3) is 0 Å². The van der Waals surface area contributed by atoms with E-state index in [2.05, 4.69) is 9.72 Å². The highest BCUT2D eigenvalue weighted by Crippen LogP contribution is 2.39. The SMILES string of the molecule is COc1nc(C(F)F)c(C(F)(F)F)cc1O. The molecule has 0 bridgehead atoms. The average molecular weight is 243 g/mol. The lowest BCUT2D eigenvalue weighted by Crippen LogP contribution is -2.11. The molecule has 0 aliphatic rings. The van der Waals surface area contributed by atoms with Crippen molar-refractivity contribution >= 4 is 0 Å². The van der Waals surface area contributed by atoms with E-state index in [4.69, 9.17) is 5.11 Å². The Morgan fingerprint density at radius 2 is 1.94 bits per heavy atom. The third-order valence-corrected chi connectivity index (χ3v) is 1.70. The highest BCUT2D eigenvalue weighted by molar-refractivity contribution is 5.40. The first-order valence-electron chi connectivity index (χ1n) is 3.90. The molecule has 0 spiro atoms. The van der Waals surface area contributed by atoms with Gasteiger partial charge in [-0.05, 0) is 6.07 Å². The molecule has 1 aromatic rings. The third-order valence-electron chi connectivity index (χ3n) is 1.70. The first kappa shape index (κ1) is 12.5. The van der Waals surface area contributed by atoms with Crippen LogP contribution in [0.15, 0.2) is 6.07 Å². The van der Waals surface area contributed by atoms with Gasteiger partial charge in [0.2, 0.25) is 0 Å². The first-order chi connectivity index (χ1) is 7.27. The predicted molar refractivity (Wildman–Crippen MR) is 42.4 cm³/mol. The van der Waals surface area contributed by atoms with Crippen molar-refractivity contribution in [2.75, 3.05) is 7.11 Å². The Morgan fingerprint density at radius 3 is 2.31 bits per heavy atom. The number of alkyl halides is 5. The van der Waals surface area contributed by atoms with Crippen LogP contribution in [0.1, 0.15) is 17.7 Å². The van der Waals surface area contributed by atoms with E-state index in [1.807, 2.05) is 0 Å². The number of aromatic nitrogens is 1. The standard InChI is InChI=1S/C8H6F5NO2/c1-16-7-4(15)2-3(8(11,12)13)5(14-7)6(9)10/h2,6,15H,1H3. The number of halogens is 5. The average Bonchev–Trinajstić information content (AvgIpc) is 2.15. The Bertz CT molecular complexity index is 391. The second-order valence-electron chi connectivity index (χ2n) is 2.75. The van der Waals surface area contributed by atoms with Crippen LogP contribution in [-0.4, -0.2) is 17.2 Å². The number of methoxy groups -OCH3 is 1. The van der Waals surface area contributed by atoms with Crippen molar-refractivity contribution in [3.05, 3.63) is 17.3 Å². The maximum absolute atomic E-state index is 12.3. The van der Waals surface area contributed by atoms with E-state index in [0.29, 0.717) is 0 Å². The van der Waals surface area contributed by atoms with Gasteiger partial charge in [-0.25, -0.2) is 13.8 Å². The maximum atomic E-state index is 12.3. The summed E-state index contributed by atoms with van der Waals surface area (Å²) in [5, 5.41) is 9.03. The highest BCUT2D eigenvalue weighted by atomic mass is 19.4. The minimum atomic E-state index is -5.01. The van der Waals surface area contributed by atoms with E-state index in [0.717, 1.165) is 7.11 Å². The molecule has 0 atom stereocenters. The number of nitrogens with zero attached hydrogens (tertiary/aromatic N) is 1. The Morgan fingerprint density at radius 1 is 1.38 bits per heavy atom. The molecule has 0 fully saturated rings. The second kappa shape index (κ2) is 4.11. The van der Waals surface area contributed by atoms with Crippen molar-refractivity contribution in [2.24, 2.45) is 0 Å². The van der Waals surface area contributed by atoms with E-state index in [1.165, 1.54) is 0 Å². The number of aromatic hydroxyl groups is 1. The molecule has 0 amide bonds. The Balaban J connectivity index is 3.42. The Labute approximate surface area is 86.5 Å².